The molecule has 29 heavy (non-hydrogen) atoms. The van der Waals surface area contributed by atoms with Crippen LogP contribution in [0.3, 0.4) is 0 Å². The van der Waals surface area contributed by atoms with Crippen molar-refractivity contribution in [2.24, 2.45) is 0 Å². The molecule has 154 valence electrons. The lowest BCUT2D eigenvalue weighted by Crippen LogP contribution is -2.21. The SMILES string of the molecule is Cc1cc(C(F)(F)F)nn1CC(=O)Nc1nn(Cc2c(F)cccc2Cl)cc1Br. The molecule has 0 aliphatic carbocycles. The van der Waals surface area contributed by atoms with Crippen LogP contribution in [-0.2, 0) is 24.1 Å². The summed E-state index contributed by atoms with van der Waals surface area (Å²) in [7, 11) is 0. The highest BCUT2D eigenvalue weighted by Crippen LogP contribution is 2.28. The van der Waals surface area contributed by atoms with Gasteiger partial charge in [-0.1, -0.05) is 17.7 Å². The third kappa shape index (κ3) is 4.96. The number of rotatable bonds is 5. The zero-order valence-electron chi connectivity index (χ0n) is 14.8. The Labute approximate surface area is 175 Å². The lowest BCUT2D eigenvalue weighted by molar-refractivity contribution is -0.141. The number of amides is 1. The number of aromatic nitrogens is 4. The number of hydrogen-bond donors (Lipinski definition) is 1. The number of carbonyl (C=O) groups is 1. The average Bonchev–Trinajstić information content (AvgIpc) is 3.14. The van der Waals surface area contributed by atoms with E-state index < -0.39 is 30.1 Å². The zero-order valence-corrected chi connectivity index (χ0v) is 17.1. The summed E-state index contributed by atoms with van der Waals surface area (Å²) in [5, 5.41) is 10.3. The van der Waals surface area contributed by atoms with Gasteiger partial charge in [0.05, 0.1) is 11.0 Å². The van der Waals surface area contributed by atoms with Gasteiger partial charge in [0.25, 0.3) is 0 Å². The van der Waals surface area contributed by atoms with E-state index in [0.29, 0.717) is 4.47 Å². The number of anilines is 1. The number of alkyl halides is 3. The molecule has 0 saturated carbocycles. The van der Waals surface area contributed by atoms with Gasteiger partial charge in [0.15, 0.2) is 11.5 Å². The van der Waals surface area contributed by atoms with Crippen LogP contribution < -0.4 is 5.32 Å². The summed E-state index contributed by atoms with van der Waals surface area (Å²) in [6, 6.07) is 5.15. The Hall–Kier alpha value is -2.40. The summed E-state index contributed by atoms with van der Waals surface area (Å²) in [6.07, 6.45) is -3.08. The Kier molecular flexibility index (Phi) is 5.99. The number of halogens is 6. The van der Waals surface area contributed by atoms with Crippen molar-refractivity contribution < 1.29 is 22.4 Å². The fourth-order valence-electron chi connectivity index (χ4n) is 2.52. The first-order valence-corrected chi connectivity index (χ1v) is 9.29. The first-order chi connectivity index (χ1) is 13.5. The second kappa shape index (κ2) is 8.15. The molecule has 12 heteroatoms. The van der Waals surface area contributed by atoms with Gasteiger partial charge in [-0.15, -0.1) is 0 Å². The normalized spacial score (nSPS) is 11.7. The van der Waals surface area contributed by atoms with Gasteiger partial charge in [-0.3, -0.25) is 14.2 Å². The van der Waals surface area contributed by atoms with Gasteiger partial charge in [-0.25, -0.2) is 4.39 Å². The van der Waals surface area contributed by atoms with Crippen LogP contribution >= 0.6 is 27.5 Å². The molecule has 0 aliphatic rings. The van der Waals surface area contributed by atoms with Crippen molar-refractivity contribution in [2.75, 3.05) is 5.32 Å². The van der Waals surface area contributed by atoms with Crippen molar-refractivity contribution in [3.8, 4) is 0 Å². The molecule has 0 saturated heterocycles. The van der Waals surface area contributed by atoms with E-state index in [4.69, 9.17) is 11.6 Å². The first kappa shape index (κ1) is 21.3. The van der Waals surface area contributed by atoms with Crippen molar-refractivity contribution in [3.63, 3.8) is 0 Å². The van der Waals surface area contributed by atoms with Crippen LogP contribution in [0, 0.1) is 12.7 Å². The van der Waals surface area contributed by atoms with Crippen molar-refractivity contribution in [1.29, 1.82) is 0 Å². The van der Waals surface area contributed by atoms with E-state index in [0.717, 1.165) is 10.7 Å². The van der Waals surface area contributed by atoms with Gasteiger partial charge >= 0.3 is 6.18 Å². The lowest BCUT2D eigenvalue weighted by Gasteiger charge is -2.07. The molecular weight excluding hydrogens is 482 g/mol. The summed E-state index contributed by atoms with van der Waals surface area (Å²) < 4.78 is 54.8. The van der Waals surface area contributed by atoms with Gasteiger partial charge < -0.3 is 5.32 Å². The quantitative estimate of drug-likeness (QED) is 0.525. The van der Waals surface area contributed by atoms with E-state index in [-0.39, 0.29) is 28.6 Å². The number of nitrogens with one attached hydrogen (secondary N) is 1. The molecule has 1 N–H and O–H groups in total. The van der Waals surface area contributed by atoms with Crippen LogP contribution in [0.5, 0.6) is 0 Å². The van der Waals surface area contributed by atoms with Crippen molar-refractivity contribution in [3.05, 3.63) is 62.7 Å². The zero-order chi connectivity index (χ0) is 21.3. The smallest absolute Gasteiger partial charge is 0.307 e. The molecule has 2 aromatic heterocycles. The topological polar surface area (TPSA) is 64.7 Å². The Balaban J connectivity index is 1.71. The molecule has 0 bridgehead atoms. The minimum atomic E-state index is -4.59. The highest BCUT2D eigenvalue weighted by Gasteiger charge is 2.34. The van der Waals surface area contributed by atoms with Gasteiger partial charge in [0.2, 0.25) is 5.91 Å². The highest BCUT2D eigenvalue weighted by molar-refractivity contribution is 9.10. The second-order valence-corrected chi connectivity index (χ2v) is 7.36. The fraction of sp³-hybridized carbons (Fsp3) is 0.235. The summed E-state index contributed by atoms with van der Waals surface area (Å²) in [4.78, 5) is 12.2. The first-order valence-electron chi connectivity index (χ1n) is 8.12. The summed E-state index contributed by atoms with van der Waals surface area (Å²) in [5.41, 5.74) is -0.657. The Morgan fingerprint density at radius 3 is 2.66 bits per heavy atom. The minimum absolute atomic E-state index is 0.0210. The molecule has 0 atom stereocenters. The number of nitrogens with zero attached hydrogens (tertiary/aromatic N) is 4. The van der Waals surface area contributed by atoms with Gasteiger partial charge in [0, 0.05) is 22.5 Å². The lowest BCUT2D eigenvalue weighted by atomic mass is 10.2. The molecule has 2 heterocycles. The molecule has 3 rings (SSSR count). The fourth-order valence-corrected chi connectivity index (χ4v) is 3.16. The summed E-state index contributed by atoms with van der Waals surface area (Å²) in [5.74, 6) is -0.993. The molecular formula is C17H13BrClF4N5O. The van der Waals surface area contributed by atoms with E-state index in [2.05, 4.69) is 31.4 Å². The second-order valence-electron chi connectivity index (χ2n) is 6.10. The maximum absolute atomic E-state index is 13.9. The van der Waals surface area contributed by atoms with E-state index in [9.17, 15) is 22.4 Å². The molecule has 0 aliphatic heterocycles. The van der Waals surface area contributed by atoms with E-state index in [1.807, 2.05) is 0 Å². The van der Waals surface area contributed by atoms with Crippen molar-refractivity contribution in [1.82, 2.24) is 19.6 Å². The molecule has 6 nitrogen and oxygen atoms in total. The van der Waals surface area contributed by atoms with Crippen molar-refractivity contribution >= 4 is 39.3 Å². The molecule has 0 spiro atoms. The third-order valence-electron chi connectivity index (χ3n) is 3.92. The molecule has 1 aromatic carbocycles. The van der Waals surface area contributed by atoms with Crippen LogP contribution in [0.1, 0.15) is 17.0 Å². The highest BCUT2D eigenvalue weighted by atomic mass is 79.9. The number of aryl methyl sites for hydroxylation is 1. The van der Waals surface area contributed by atoms with Crippen molar-refractivity contribution in [2.45, 2.75) is 26.2 Å². The average molecular weight is 495 g/mol. The largest absolute Gasteiger partial charge is 0.435 e. The van der Waals surface area contributed by atoms with Gasteiger partial charge in [-0.2, -0.15) is 23.4 Å². The predicted molar refractivity (Wildman–Crippen MR) is 101 cm³/mol. The van der Waals surface area contributed by atoms with Crippen LogP contribution in [0.25, 0.3) is 0 Å². The van der Waals surface area contributed by atoms with Crippen LogP contribution in [-0.4, -0.2) is 25.5 Å². The Morgan fingerprint density at radius 1 is 1.31 bits per heavy atom. The number of hydrogen-bond acceptors (Lipinski definition) is 3. The van der Waals surface area contributed by atoms with E-state index in [1.165, 1.54) is 29.9 Å². The predicted octanol–water partition coefficient (Wildman–Crippen LogP) is 4.65. The molecule has 0 fully saturated rings. The molecule has 0 radical (unpaired) electrons. The molecule has 3 aromatic rings. The minimum Gasteiger partial charge on any atom is -0.307 e. The van der Waals surface area contributed by atoms with Gasteiger partial charge in [0.1, 0.15) is 12.4 Å². The van der Waals surface area contributed by atoms with E-state index in [1.54, 1.807) is 6.07 Å². The summed E-state index contributed by atoms with van der Waals surface area (Å²) >= 11 is 9.23. The monoisotopic (exact) mass is 493 g/mol. The van der Waals surface area contributed by atoms with Crippen LogP contribution in [0.15, 0.2) is 34.9 Å². The third-order valence-corrected chi connectivity index (χ3v) is 4.86. The van der Waals surface area contributed by atoms with E-state index >= 15 is 0 Å². The Morgan fingerprint density at radius 2 is 2.03 bits per heavy atom. The maximum atomic E-state index is 13.9. The number of carbonyl (C=O) groups excluding carboxylic acids is 1. The number of benzene rings is 1. The maximum Gasteiger partial charge on any atom is 0.435 e. The Bertz CT molecular complexity index is 1040. The molecule has 0 unspecified atom stereocenters. The van der Waals surface area contributed by atoms with Crippen LogP contribution in [0.4, 0.5) is 23.4 Å². The van der Waals surface area contributed by atoms with Gasteiger partial charge in [-0.05, 0) is 41.1 Å². The standard InChI is InChI=1S/C17H13BrClF4N5O/c1-9-5-14(17(21,22)23)25-28(9)8-15(29)24-16-11(18)7-27(26-16)6-10-12(19)3-2-4-13(10)20/h2-5,7H,6,8H2,1H3,(H,24,26,29). The molecule has 1 amide bonds. The summed E-state index contributed by atoms with van der Waals surface area (Å²) in [6.45, 7) is 1.01. The van der Waals surface area contributed by atoms with Crippen LogP contribution in [0.2, 0.25) is 5.02 Å².